The number of phenolic OH excluding ortho intramolecular Hbond substituents is 1. The molecule has 2 N–H and O–H groups in total. The van der Waals surface area contributed by atoms with Crippen molar-refractivity contribution in [1.82, 2.24) is 9.55 Å². The Bertz CT molecular complexity index is 713. The number of benzene rings is 1. The summed E-state index contributed by atoms with van der Waals surface area (Å²) in [5.74, 6) is 1.81. The number of phenols is 1. The van der Waals surface area contributed by atoms with E-state index in [0.29, 0.717) is 10.9 Å². The Balaban J connectivity index is 2.30. The standard InChI is InChI=1S/C12H12N2O3S/c15-8-1-2-9-10(5-8)13-12(17)14(11(9)16)7-3-4-18-6-7/h1-2,5,7,15H,3-4,6H2,(H,13,17). The van der Waals surface area contributed by atoms with Crippen LogP contribution in [0, 0.1) is 0 Å². The van der Waals surface area contributed by atoms with Crippen molar-refractivity contribution in [3.05, 3.63) is 39.0 Å². The summed E-state index contributed by atoms with van der Waals surface area (Å²) >= 11 is 1.75. The minimum absolute atomic E-state index is 0.0237. The van der Waals surface area contributed by atoms with Gasteiger partial charge in [-0.2, -0.15) is 11.8 Å². The maximum absolute atomic E-state index is 12.3. The maximum Gasteiger partial charge on any atom is 0.329 e. The van der Waals surface area contributed by atoms with Crippen LogP contribution < -0.4 is 11.2 Å². The quantitative estimate of drug-likeness (QED) is 0.808. The average molecular weight is 264 g/mol. The second-order valence-electron chi connectivity index (χ2n) is 4.35. The SMILES string of the molecule is O=c1[nH]c2cc(O)ccc2c(=O)n1C1CCSC1. The molecule has 0 radical (unpaired) electrons. The highest BCUT2D eigenvalue weighted by Crippen LogP contribution is 2.26. The molecule has 18 heavy (non-hydrogen) atoms. The van der Waals surface area contributed by atoms with Crippen molar-refractivity contribution in [1.29, 1.82) is 0 Å². The number of aromatic nitrogens is 2. The molecule has 0 spiro atoms. The molecule has 1 unspecified atom stereocenters. The summed E-state index contributed by atoms with van der Waals surface area (Å²) in [4.78, 5) is 26.9. The summed E-state index contributed by atoms with van der Waals surface area (Å²) in [7, 11) is 0. The number of rotatable bonds is 1. The molecule has 2 heterocycles. The maximum atomic E-state index is 12.3. The van der Waals surface area contributed by atoms with E-state index in [-0.39, 0.29) is 17.4 Å². The number of fused-ring (bicyclic) bond motifs is 1. The van der Waals surface area contributed by atoms with Crippen LogP contribution in [0.5, 0.6) is 5.75 Å². The molecule has 0 saturated carbocycles. The summed E-state index contributed by atoms with van der Waals surface area (Å²) < 4.78 is 1.30. The summed E-state index contributed by atoms with van der Waals surface area (Å²) in [6, 6.07) is 4.37. The van der Waals surface area contributed by atoms with Crippen molar-refractivity contribution in [2.75, 3.05) is 11.5 Å². The lowest BCUT2D eigenvalue weighted by atomic mass is 10.2. The third-order valence-corrected chi connectivity index (χ3v) is 4.33. The van der Waals surface area contributed by atoms with Crippen molar-refractivity contribution >= 4 is 22.7 Å². The van der Waals surface area contributed by atoms with Gasteiger partial charge >= 0.3 is 5.69 Å². The average Bonchev–Trinajstić information content (AvgIpc) is 2.82. The Morgan fingerprint density at radius 1 is 1.39 bits per heavy atom. The molecule has 1 aliphatic heterocycles. The van der Waals surface area contributed by atoms with Gasteiger partial charge in [-0.05, 0) is 24.3 Å². The number of aromatic amines is 1. The molecule has 1 atom stereocenters. The normalized spacial score (nSPS) is 19.4. The fraction of sp³-hybridized carbons (Fsp3) is 0.333. The molecular weight excluding hydrogens is 252 g/mol. The molecule has 6 heteroatoms. The van der Waals surface area contributed by atoms with E-state index < -0.39 is 5.69 Å². The van der Waals surface area contributed by atoms with E-state index in [1.165, 1.54) is 16.7 Å². The highest BCUT2D eigenvalue weighted by Gasteiger charge is 2.21. The third-order valence-electron chi connectivity index (χ3n) is 3.18. The van der Waals surface area contributed by atoms with Gasteiger partial charge in [0.1, 0.15) is 5.75 Å². The van der Waals surface area contributed by atoms with Crippen LogP contribution >= 0.6 is 11.8 Å². The zero-order valence-electron chi connectivity index (χ0n) is 9.55. The lowest BCUT2D eigenvalue weighted by Gasteiger charge is -2.12. The van der Waals surface area contributed by atoms with Gasteiger partial charge in [0.2, 0.25) is 0 Å². The van der Waals surface area contributed by atoms with Gasteiger partial charge in [-0.3, -0.25) is 9.36 Å². The van der Waals surface area contributed by atoms with Crippen molar-refractivity contribution in [2.24, 2.45) is 0 Å². The molecule has 3 rings (SSSR count). The van der Waals surface area contributed by atoms with E-state index in [1.54, 1.807) is 17.8 Å². The third kappa shape index (κ3) is 1.73. The number of nitrogens with zero attached hydrogens (tertiary/aromatic N) is 1. The van der Waals surface area contributed by atoms with Crippen molar-refractivity contribution < 1.29 is 5.11 Å². The molecule has 94 valence electrons. The Kier molecular flexibility index (Phi) is 2.66. The number of thioether (sulfide) groups is 1. The van der Waals surface area contributed by atoms with Gasteiger partial charge in [0.15, 0.2) is 0 Å². The predicted molar refractivity (Wildman–Crippen MR) is 71.5 cm³/mol. The highest BCUT2D eigenvalue weighted by molar-refractivity contribution is 7.99. The van der Waals surface area contributed by atoms with E-state index in [0.717, 1.165) is 17.9 Å². The number of hydrogen-bond acceptors (Lipinski definition) is 4. The van der Waals surface area contributed by atoms with E-state index in [9.17, 15) is 14.7 Å². The molecule has 1 fully saturated rings. The molecule has 1 aromatic carbocycles. The van der Waals surface area contributed by atoms with Gasteiger partial charge in [0.05, 0.1) is 16.9 Å². The number of aromatic hydroxyl groups is 1. The monoisotopic (exact) mass is 264 g/mol. The molecule has 0 amide bonds. The first-order chi connectivity index (χ1) is 8.66. The summed E-state index contributed by atoms with van der Waals surface area (Å²) in [6.07, 6.45) is 0.844. The molecule has 0 bridgehead atoms. The molecule has 1 aromatic heterocycles. The van der Waals surface area contributed by atoms with Crippen molar-refractivity contribution in [3.63, 3.8) is 0 Å². The van der Waals surface area contributed by atoms with Crippen molar-refractivity contribution in [2.45, 2.75) is 12.5 Å². The second kappa shape index (κ2) is 4.20. The molecule has 1 saturated heterocycles. The lowest BCUT2D eigenvalue weighted by molar-refractivity contribution is 0.475. The minimum Gasteiger partial charge on any atom is -0.508 e. The topological polar surface area (TPSA) is 75.1 Å². The van der Waals surface area contributed by atoms with Crippen LogP contribution in [0.1, 0.15) is 12.5 Å². The number of nitrogens with one attached hydrogen (secondary N) is 1. The van der Waals surface area contributed by atoms with Gasteiger partial charge < -0.3 is 10.1 Å². The molecule has 2 aromatic rings. The van der Waals surface area contributed by atoms with Gasteiger partial charge in [-0.25, -0.2) is 4.79 Å². The number of hydrogen-bond donors (Lipinski definition) is 2. The fourth-order valence-electron chi connectivity index (χ4n) is 2.28. The summed E-state index contributed by atoms with van der Waals surface area (Å²) in [5.41, 5.74) is -0.293. The Morgan fingerprint density at radius 3 is 2.94 bits per heavy atom. The van der Waals surface area contributed by atoms with Crippen LogP contribution in [0.15, 0.2) is 27.8 Å². The van der Waals surface area contributed by atoms with Gasteiger partial charge in [-0.1, -0.05) is 0 Å². The van der Waals surface area contributed by atoms with E-state index in [4.69, 9.17) is 0 Å². The van der Waals surface area contributed by atoms with Crippen LogP contribution in [0.3, 0.4) is 0 Å². The molecular formula is C12H12N2O3S. The lowest BCUT2D eigenvalue weighted by Crippen LogP contribution is -2.38. The van der Waals surface area contributed by atoms with Gasteiger partial charge in [0.25, 0.3) is 5.56 Å². The Morgan fingerprint density at radius 2 is 2.22 bits per heavy atom. The summed E-state index contributed by atoms with van der Waals surface area (Å²) in [6.45, 7) is 0. The first-order valence-corrected chi connectivity index (χ1v) is 6.87. The zero-order chi connectivity index (χ0) is 12.7. The first-order valence-electron chi connectivity index (χ1n) is 5.72. The predicted octanol–water partition coefficient (Wildman–Crippen LogP) is 1.07. The van der Waals surface area contributed by atoms with Crippen LogP contribution in [0.2, 0.25) is 0 Å². The van der Waals surface area contributed by atoms with E-state index in [2.05, 4.69) is 4.98 Å². The fourth-order valence-corrected chi connectivity index (χ4v) is 3.47. The highest BCUT2D eigenvalue weighted by atomic mass is 32.2. The first kappa shape index (κ1) is 11.4. The Hall–Kier alpha value is -1.69. The van der Waals surface area contributed by atoms with Crippen LogP contribution in [0.4, 0.5) is 0 Å². The molecule has 1 aliphatic rings. The second-order valence-corrected chi connectivity index (χ2v) is 5.50. The Labute approximate surface area is 106 Å². The van der Waals surface area contributed by atoms with Gasteiger partial charge in [-0.15, -0.1) is 0 Å². The van der Waals surface area contributed by atoms with Crippen LogP contribution in [-0.4, -0.2) is 26.2 Å². The molecule has 5 nitrogen and oxygen atoms in total. The van der Waals surface area contributed by atoms with E-state index in [1.807, 2.05) is 0 Å². The number of H-pyrrole nitrogens is 1. The van der Waals surface area contributed by atoms with Crippen molar-refractivity contribution in [3.8, 4) is 5.75 Å². The minimum atomic E-state index is -0.398. The largest absolute Gasteiger partial charge is 0.508 e. The van der Waals surface area contributed by atoms with E-state index >= 15 is 0 Å². The smallest absolute Gasteiger partial charge is 0.329 e. The summed E-state index contributed by atoms with van der Waals surface area (Å²) in [5, 5.41) is 9.79. The van der Waals surface area contributed by atoms with Crippen LogP contribution in [0.25, 0.3) is 10.9 Å². The van der Waals surface area contributed by atoms with Gasteiger partial charge in [0, 0.05) is 11.8 Å². The molecule has 0 aliphatic carbocycles. The zero-order valence-corrected chi connectivity index (χ0v) is 10.4. The van der Waals surface area contributed by atoms with Crippen LogP contribution in [-0.2, 0) is 0 Å².